The number of amides is 1. The third-order valence-corrected chi connectivity index (χ3v) is 3.58. The molecule has 2 N–H and O–H groups in total. The van der Waals surface area contributed by atoms with Gasteiger partial charge in [0.1, 0.15) is 11.5 Å². The molecule has 138 valence electrons. The Morgan fingerprint density at radius 1 is 1.04 bits per heavy atom. The zero-order chi connectivity index (χ0) is 18.8. The molecule has 0 bridgehead atoms. The second kappa shape index (κ2) is 10.1. The molecule has 1 amide bonds. The Morgan fingerprint density at radius 3 is 2.50 bits per heavy atom. The summed E-state index contributed by atoms with van der Waals surface area (Å²) in [5.41, 5.74) is 2.01. The van der Waals surface area contributed by atoms with Crippen molar-refractivity contribution < 1.29 is 24.2 Å². The highest BCUT2D eigenvalue weighted by atomic mass is 16.5. The number of carboxylic acid groups (broad SMARTS) is 1. The number of aliphatic carboxylic acids is 1. The van der Waals surface area contributed by atoms with Crippen molar-refractivity contribution in [1.82, 2.24) is 5.32 Å². The van der Waals surface area contributed by atoms with E-state index in [4.69, 9.17) is 14.6 Å². The number of nitrogens with one attached hydrogen (secondary N) is 1. The smallest absolute Gasteiger partial charge is 0.303 e. The maximum absolute atomic E-state index is 11.9. The standard InChI is InChI=1S/C20H23NO5/c1-15-4-2-5-18(12-15)26-14-19(22)21-13-16-7-9-17(10-8-16)25-11-3-6-20(23)24/h2,4-5,7-10,12H,3,6,11,13-14H2,1H3,(H,21,22)(H,23,24). The number of carboxylic acids is 1. The maximum atomic E-state index is 11.9. The summed E-state index contributed by atoms with van der Waals surface area (Å²) in [5.74, 6) is 0.323. The SMILES string of the molecule is Cc1cccc(OCC(=O)NCc2ccc(OCCCC(=O)O)cc2)c1. The minimum Gasteiger partial charge on any atom is -0.494 e. The quantitative estimate of drug-likeness (QED) is 0.639. The lowest BCUT2D eigenvalue weighted by atomic mass is 10.2. The van der Waals surface area contributed by atoms with Crippen molar-refractivity contribution in [3.8, 4) is 11.5 Å². The predicted molar refractivity (Wildman–Crippen MR) is 97.3 cm³/mol. The largest absolute Gasteiger partial charge is 0.494 e. The van der Waals surface area contributed by atoms with Crippen LogP contribution in [0.15, 0.2) is 48.5 Å². The van der Waals surface area contributed by atoms with Gasteiger partial charge >= 0.3 is 5.97 Å². The molecule has 6 heteroatoms. The van der Waals surface area contributed by atoms with Gasteiger partial charge in [-0.3, -0.25) is 9.59 Å². The third kappa shape index (κ3) is 7.25. The number of rotatable bonds is 10. The molecule has 0 saturated heterocycles. The molecule has 0 aliphatic carbocycles. The normalized spacial score (nSPS) is 10.2. The number of carbonyl (C=O) groups is 2. The molecule has 0 aliphatic rings. The molecule has 0 aromatic heterocycles. The molecule has 26 heavy (non-hydrogen) atoms. The molecule has 2 rings (SSSR count). The summed E-state index contributed by atoms with van der Waals surface area (Å²) < 4.78 is 10.9. The minimum atomic E-state index is -0.828. The van der Waals surface area contributed by atoms with E-state index in [-0.39, 0.29) is 18.9 Å². The minimum absolute atomic E-state index is 0.0335. The topological polar surface area (TPSA) is 84.9 Å². The van der Waals surface area contributed by atoms with Crippen molar-refractivity contribution in [2.75, 3.05) is 13.2 Å². The molecular formula is C20H23NO5. The molecule has 2 aromatic carbocycles. The number of carbonyl (C=O) groups excluding carboxylic acids is 1. The van der Waals surface area contributed by atoms with E-state index in [1.807, 2.05) is 43.3 Å². The summed E-state index contributed by atoms with van der Waals surface area (Å²) in [6.07, 6.45) is 0.558. The summed E-state index contributed by atoms with van der Waals surface area (Å²) in [5, 5.41) is 11.4. The van der Waals surface area contributed by atoms with Crippen LogP contribution in [0, 0.1) is 6.92 Å². The van der Waals surface area contributed by atoms with E-state index < -0.39 is 5.97 Å². The first-order chi connectivity index (χ1) is 12.5. The molecule has 0 heterocycles. The molecular weight excluding hydrogens is 334 g/mol. The van der Waals surface area contributed by atoms with Crippen molar-refractivity contribution in [3.05, 3.63) is 59.7 Å². The molecule has 0 spiro atoms. The van der Waals surface area contributed by atoms with Crippen LogP contribution in [-0.2, 0) is 16.1 Å². The molecule has 0 fully saturated rings. The third-order valence-electron chi connectivity index (χ3n) is 3.58. The van der Waals surface area contributed by atoms with E-state index in [0.29, 0.717) is 31.1 Å². The van der Waals surface area contributed by atoms with Crippen molar-refractivity contribution in [1.29, 1.82) is 0 Å². The fourth-order valence-corrected chi connectivity index (χ4v) is 2.22. The van der Waals surface area contributed by atoms with E-state index >= 15 is 0 Å². The lowest BCUT2D eigenvalue weighted by Gasteiger charge is -2.09. The fourth-order valence-electron chi connectivity index (χ4n) is 2.22. The van der Waals surface area contributed by atoms with Crippen molar-refractivity contribution in [2.45, 2.75) is 26.3 Å². The van der Waals surface area contributed by atoms with Crippen LogP contribution in [0.1, 0.15) is 24.0 Å². The van der Waals surface area contributed by atoms with Gasteiger partial charge in [0.25, 0.3) is 5.91 Å². The second-order valence-corrected chi connectivity index (χ2v) is 5.87. The lowest BCUT2D eigenvalue weighted by Crippen LogP contribution is -2.28. The van der Waals surface area contributed by atoms with Crippen LogP contribution in [0.5, 0.6) is 11.5 Å². The van der Waals surface area contributed by atoms with Crippen LogP contribution < -0.4 is 14.8 Å². The van der Waals surface area contributed by atoms with Gasteiger partial charge < -0.3 is 19.9 Å². The van der Waals surface area contributed by atoms with Gasteiger partial charge in [-0.1, -0.05) is 24.3 Å². The Labute approximate surface area is 152 Å². The molecule has 2 aromatic rings. The molecule has 6 nitrogen and oxygen atoms in total. The number of benzene rings is 2. The first kappa shape index (κ1) is 19.3. The highest BCUT2D eigenvalue weighted by Gasteiger charge is 2.04. The average molecular weight is 357 g/mol. The number of ether oxygens (including phenoxy) is 2. The summed E-state index contributed by atoms with van der Waals surface area (Å²) >= 11 is 0. The second-order valence-electron chi connectivity index (χ2n) is 5.87. The zero-order valence-corrected chi connectivity index (χ0v) is 14.7. The van der Waals surface area contributed by atoms with Gasteiger partial charge in [-0.25, -0.2) is 0 Å². The Balaban J connectivity index is 1.68. The molecule has 0 saturated carbocycles. The number of aryl methyl sites for hydroxylation is 1. The van der Waals surface area contributed by atoms with Crippen LogP contribution in [0.25, 0.3) is 0 Å². The Morgan fingerprint density at radius 2 is 1.81 bits per heavy atom. The van der Waals surface area contributed by atoms with Gasteiger partial charge in [0, 0.05) is 13.0 Å². The molecule has 0 aliphatic heterocycles. The summed E-state index contributed by atoms with van der Waals surface area (Å²) in [6, 6.07) is 14.8. The van der Waals surface area contributed by atoms with Crippen molar-refractivity contribution in [2.24, 2.45) is 0 Å². The molecule has 0 unspecified atom stereocenters. The van der Waals surface area contributed by atoms with Gasteiger partial charge in [-0.2, -0.15) is 0 Å². The average Bonchev–Trinajstić information content (AvgIpc) is 2.63. The van der Waals surface area contributed by atoms with Crippen molar-refractivity contribution >= 4 is 11.9 Å². The van der Waals surface area contributed by atoms with Gasteiger partial charge in [-0.15, -0.1) is 0 Å². The number of hydrogen-bond acceptors (Lipinski definition) is 4. The van der Waals surface area contributed by atoms with Gasteiger partial charge in [-0.05, 0) is 48.7 Å². The number of hydrogen-bond donors (Lipinski definition) is 2. The van der Waals surface area contributed by atoms with Crippen LogP contribution in [0.3, 0.4) is 0 Å². The van der Waals surface area contributed by atoms with Crippen LogP contribution >= 0.6 is 0 Å². The van der Waals surface area contributed by atoms with Gasteiger partial charge in [0.15, 0.2) is 6.61 Å². The Hall–Kier alpha value is -3.02. The highest BCUT2D eigenvalue weighted by molar-refractivity contribution is 5.77. The maximum Gasteiger partial charge on any atom is 0.303 e. The summed E-state index contributed by atoms with van der Waals surface area (Å²) in [4.78, 5) is 22.3. The van der Waals surface area contributed by atoms with Crippen molar-refractivity contribution in [3.63, 3.8) is 0 Å². The van der Waals surface area contributed by atoms with E-state index in [1.54, 1.807) is 12.1 Å². The first-order valence-corrected chi connectivity index (χ1v) is 8.42. The van der Waals surface area contributed by atoms with Crippen LogP contribution in [-0.4, -0.2) is 30.2 Å². The zero-order valence-electron chi connectivity index (χ0n) is 14.7. The van der Waals surface area contributed by atoms with E-state index in [1.165, 1.54) is 0 Å². The highest BCUT2D eigenvalue weighted by Crippen LogP contribution is 2.13. The lowest BCUT2D eigenvalue weighted by molar-refractivity contribution is -0.137. The summed E-state index contributed by atoms with van der Waals surface area (Å²) in [6.45, 7) is 2.69. The Bertz CT molecular complexity index is 727. The first-order valence-electron chi connectivity index (χ1n) is 8.42. The van der Waals surface area contributed by atoms with Crippen LogP contribution in [0.4, 0.5) is 0 Å². The van der Waals surface area contributed by atoms with E-state index in [0.717, 1.165) is 11.1 Å². The van der Waals surface area contributed by atoms with Crippen LogP contribution in [0.2, 0.25) is 0 Å². The fraction of sp³-hybridized carbons (Fsp3) is 0.300. The van der Waals surface area contributed by atoms with Gasteiger partial charge in [0.2, 0.25) is 0 Å². The molecule has 0 atom stereocenters. The molecule has 0 radical (unpaired) electrons. The Kier molecular flexibility index (Phi) is 7.49. The predicted octanol–water partition coefficient (Wildman–Crippen LogP) is 2.93. The monoisotopic (exact) mass is 357 g/mol. The summed E-state index contributed by atoms with van der Waals surface area (Å²) in [7, 11) is 0. The van der Waals surface area contributed by atoms with E-state index in [9.17, 15) is 9.59 Å². The van der Waals surface area contributed by atoms with E-state index in [2.05, 4.69) is 5.32 Å². The van der Waals surface area contributed by atoms with Gasteiger partial charge in [0.05, 0.1) is 6.61 Å².